The Hall–Kier alpha value is -1.17. The van der Waals surface area contributed by atoms with Crippen molar-refractivity contribution in [3.63, 3.8) is 0 Å². The van der Waals surface area contributed by atoms with Gasteiger partial charge in [-0.05, 0) is 6.42 Å². The van der Waals surface area contributed by atoms with Gasteiger partial charge in [-0.2, -0.15) is 0 Å². The molecule has 0 radical (unpaired) electrons. The smallest absolute Gasteiger partial charge is 0.429 e. The van der Waals surface area contributed by atoms with E-state index in [4.69, 9.17) is 4.74 Å². The minimum Gasteiger partial charge on any atom is -0.429 e. The van der Waals surface area contributed by atoms with Gasteiger partial charge >= 0.3 is 6.16 Å². The van der Waals surface area contributed by atoms with Crippen LogP contribution in [-0.4, -0.2) is 18.9 Å². The highest BCUT2D eigenvalue weighted by atomic mass is 16.8. The zero-order valence-electron chi connectivity index (χ0n) is 7.84. The lowest BCUT2D eigenvalue weighted by atomic mass is 10.2. The van der Waals surface area contributed by atoms with Crippen molar-refractivity contribution >= 4 is 6.16 Å². The molecular weight excluding hydrogens is 168 g/mol. The Bertz CT molecular complexity index is 224. The maximum absolute atomic E-state index is 10.5. The number of ether oxygens (including phenoxy) is 2. The number of unbranched alkanes of at least 4 members (excludes halogenated alkanes) is 3. The molecule has 3 heteroatoms. The standard InChI is InChI=1S/C10H14O3/c1-2-3-4-5-6-7-9-8-12-10(11)13-9/h9H,2-5,8H2,1H3. The van der Waals surface area contributed by atoms with Crippen LogP contribution in [0.25, 0.3) is 0 Å². The molecule has 0 bridgehead atoms. The van der Waals surface area contributed by atoms with E-state index in [1.807, 2.05) is 0 Å². The Balaban J connectivity index is 2.12. The van der Waals surface area contributed by atoms with Crippen molar-refractivity contribution in [2.45, 2.75) is 38.7 Å². The van der Waals surface area contributed by atoms with E-state index in [0.29, 0.717) is 0 Å². The highest BCUT2D eigenvalue weighted by Gasteiger charge is 2.22. The zero-order valence-corrected chi connectivity index (χ0v) is 7.84. The number of hydrogen-bond acceptors (Lipinski definition) is 3. The van der Waals surface area contributed by atoms with E-state index in [1.54, 1.807) is 0 Å². The molecule has 72 valence electrons. The molecule has 0 aromatic rings. The molecule has 0 aromatic carbocycles. The predicted octanol–water partition coefficient (Wildman–Crippen LogP) is 2.11. The summed E-state index contributed by atoms with van der Waals surface area (Å²) in [5.74, 6) is 5.83. The van der Waals surface area contributed by atoms with Gasteiger partial charge < -0.3 is 9.47 Å². The van der Waals surface area contributed by atoms with Crippen LogP contribution in [-0.2, 0) is 9.47 Å². The highest BCUT2D eigenvalue weighted by molar-refractivity contribution is 5.62. The van der Waals surface area contributed by atoms with Gasteiger partial charge in [0.2, 0.25) is 0 Å². The number of hydrogen-bond donors (Lipinski definition) is 0. The first-order chi connectivity index (χ1) is 6.33. The molecule has 1 aliphatic heterocycles. The molecule has 1 unspecified atom stereocenters. The highest BCUT2D eigenvalue weighted by Crippen LogP contribution is 2.04. The second-order valence-electron chi connectivity index (χ2n) is 2.95. The van der Waals surface area contributed by atoms with Gasteiger partial charge in [0, 0.05) is 6.42 Å². The molecule has 0 amide bonds. The summed E-state index contributed by atoms with van der Waals surface area (Å²) in [6.07, 6.45) is 3.45. The van der Waals surface area contributed by atoms with Crippen molar-refractivity contribution in [1.82, 2.24) is 0 Å². The molecule has 1 atom stereocenters. The third-order valence-electron chi connectivity index (χ3n) is 1.76. The van der Waals surface area contributed by atoms with Gasteiger partial charge in [0.25, 0.3) is 0 Å². The first-order valence-corrected chi connectivity index (χ1v) is 4.64. The van der Waals surface area contributed by atoms with Crippen LogP contribution < -0.4 is 0 Å². The Morgan fingerprint density at radius 3 is 3.00 bits per heavy atom. The van der Waals surface area contributed by atoms with Crippen LogP contribution in [0.15, 0.2) is 0 Å². The van der Waals surface area contributed by atoms with Crippen LogP contribution in [0.4, 0.5) is 4.79 Å². The van der Waals surface area contributed by atoms with Gasteiger partial charge in [-0.25, -0.2) is 4.79 Å². The zero-order chi connectivity index (χ0) is 9.52. The van der Waals surface area contributed by atoms with Crippen LogP contribution in [0, 0.1) is 11.8 Å². The molecule has 0 spiro atoms. The van der Waals surface area contributed by atoms with Crippen LogP contribution in [0.1, 0.15) is 32.6 Å². The summed E-state index contributed by atoms with van der Waals surface area (Å²) in [5.41, 5.74) is 0. The van der Waals surface area contributed by atoms with Crippen molar-refractivity contribution in [3.8, 4) is 11.8 Å². The lowest BCUT2D eigenvalue weighted by molar-refractivity contribution is 0.126. The average Bonchev–Trinajstić information content (AvgIpc) is 2.51. The van der Waals surface area contributed by atoms with Crippen molar-refractivity contribution in [3.05, 3.63) is 0 Å². The van der Waals surface area contributed by atoms with Crippen molar-refractivity contribution in [1.29, 1.82) is 0 Å². The van der Waals surface area contributed by atoms with Gasteiger partial charge in [-0.1, -0.05) is 31.6 Å². The lowest BCUT2D eigenvalue weighted by Crippen LogP contribution is -2.05. The van der Waals surface area contributed by atoms with Crippen molar-refractivity contribution in [2.24, 2.45) is 0 Å². The van der Waals surface area contributed by atoms with E-state index < -0.39 is 6.16 Å². The minimum absolute atomic E-state index is 0.277. The number of carbonyl (C=O) groups is 1. The van der Waals surface area contributed by atoms with Crippen molar-refractivity contribution in [2.75, 3.05) is 6.61 Å². The number of carbonyl (C=O) groups excluding carboxylic acids is 1. The van der Waals surface area contributed by atoms with Crippen LogP contribution >= 0.6 is 0 Å². The Morgan fingerprint density at radius 2 is 2.38 bits per heavy atom. The molecule has 0 aliphatic carbocycles. The molecular formula is C10H14O3. The summed E-state index contributed by atoms with van der Waals surface area (Å²) < 4.78 is 9.31. The molecule has 0 N–H and O–H groups in total. The molecule has 1 rings (SSSR count). The third kappa shape index (κ3) is 3.84. The molecule has 1 saturated heterocycles. The fraction of sp³-hybridized carbons (Fsp3) is 0.700. The second-order valence-corrected chi connectivity index (χ2v) is 2.95. The van der Waals surface area contributed by atoms with Crippen molar-refractivity contribution < 1.29 is 14.3 Å². The quantitative estimate of drug-likeness (QED) is 0.381. The first-order valence-electron chi connectivity index (χ1n) is 4.64. The van der Waals surface area contributed by atoms with Crippen LogP contribution in [0.3, 0.4) is 0 Å². The fourth-order valence-corrected chi connectivity index (χ4v) is 1.05. The Morgan fingerprint density at radius 1 is 1.54 bits per heavy atom. The topological polar surface area (TPSA) is 35.5 Å². The van der Waals surface area contributed by atoms with E-state index in [2.05, 4.69) is 23.5 Å². The van der Waals surface area contributed by atoms with Gasteiger partial charge in [0.1, 0.15) is 6.61 Å². The number of cyclic esters (lactones) is 2. The van der Waals surface area contributed by atoms with Gasteiger partial charge in [-0.3, -0.25) is 0 Å². The summed E-state index contributed by atoms with van der Waals surface area (Å²) in [5, 5.41) is 0. The van der Waals surface area contributed by atoms with E-state index >= 15 is 0 Å². The number of rotatable bonds is 3. The molecule has 13 heavy (non-hydrogen) atoms. The summed E-state index contributed by atoms with van der Waals surface area (Å²) in [4.78, 5) is 10.5. The molecule has 1 aliphatic rings. The maximum atomic E-state index is 10.5. The molecule has 0 saturated carbocycles. The lowest BCUT2D eigenvalue weighted by Gasteiger charge is -1.93. The normalized spacial score (nSPS) is 20.1. The van der Waals surface area contributed by atoms with E-state index in [1.165, 1.54) is 12.8 Å². The SMILES string of the molecule is CCCCCC#CC1COC(=O)O1. The summed E-state index contributed by atoms with van der Waals surface area (Å²) in [7, 11) is 0. The third-order valence-corrected chi connectivity index (χ3v) is 1.76. The van der Waals surface area contributed by atoms with E-state index in [-0.39, 0.29) is 12.7 Å². The largest absolute Gasteiger partial charge is 0.509 e. The monoisotopic (exact) mass is 182 g/mol. The van der Waals surface area contributed by atoms with Gasteiger partial charge in [-0.15, -0.1) is 0 Å². The van der Waals surface area contributed by atoms with E-state index in [9.17, 15) is 4.79 Å². The minimum atomic E-state index is -0.604. The maximum Gasteiger partial charge on any atom is 0.509 e. The summed E-state index contributed by atoms with van der Waals surface area (Å²) in [6.45, 7) is 2.43. The first kappa shape index (κ1) is 9.91. The molecule has 1 fully saturated rings. The second kappa shape index (κ2) is 5.47. The van der Waals surface area contributed by atoms with Gasteiger partial charge in [0.05, 0.1) is 0 Å². The Kier molecular flexibility index (Phi) is 4.17. The molecule has 3 nitrogen and oxygen atoms in total. The van der Waals surface area contributed by atoms with Gasteiger partial charge in [0.15, 0.2) is 6.10 Å². The molecule has 1 heterocycles. The summed E-state index contributed by atoms with van der Waals surface area (Å²) >= 11 is 0. The summed E-state index contributed by atoms with van der Waals surface area (Å²) in [6, 6.07) is 0. The average molecular weight is 182 g/mol. The van der Waals surface area contributed by atoms with Crippen LogP contribution in [0.5, 0.6) is 0 Å². The Labute approximate surface area is 78.4 Å². The van der Waals surface area contributed by atoms with Crippen LogP contribution in [0.2, 0.25) is 0 Å². The molecule has 0 aromatic heterocycles. The predicted molar refractivity (Wildman–Crippen MR) is 48.1 cm³/mol. The fourth-order valence-electron chi connectivity index (χ4n) is 1.05. The van der Waals surface area contributed by atoms with E-state index in [0.717, 1.165) is 12.8 Å².